The van der Waals surface area contributed by atoms with Gasteiger partial charge in [-0.15, -0.1) is 0 Å². The lowest BCUT2D eigenvalue weighted by molar-refractivity contribution is -0.132. The van der Waals surface area contributed by atoms with Crippen LogP contribution >= 0.6 is 31.9 Å². The summed E-state index contributed by atoms with van der Waals surface area (Å²) >= 11 is 6.76. The smallest absolute Gasteiger partial charge is 0.308 e. The van der Waals surface area contributed by atoms with Gasteiger partial charge in [0.15, 0.2) is 0 Å². The van der Waals surface area contributed by atoms with E-state index >= 15 is 0 Å². The molecule has 0 amide bonds. The van der Waals surface area contributed by atoms with Gasteiger partial charge in [-0.25, -0.2) is 0 Å². The summed E-state index contributed by atoms with van der Waals surface area (Å²) in [6.07, 6.45) is 0. The number of carbonyl (C=O) groups excluding carboxylic acids is 2. The largest absolute Gasteiger partial charge is 0.426 e. The minimum absolute atomic E-state index is 0.373. The lowest BCUT2D eigenvalue weighted by Gasteiger charge is -2.09. The molecule has 2 aromatic rings. The van der Waals surface area contributed by atoms with Crippen molar-refractivity contribution in [1.82, 2.24) is 0 Å². The molecular weight excluding hydrogens is 416 g/mol. The van der Waals surface area contributed by atoms with Crippen LogP contribution in [0.1, 0.15) is 13.8 Å². The van der Waals surface area contributed by atoms with Crippen molar-refractivity contribution in [3.63, 3.8) is 0 Å². The number of rotatable bonds is 3. The Morgan fingerprint density at radius 1 is 0.773 bits per heavy atom. The number of hydrogen-bond acceptors (Lipinski definition) is 4. The fourth-order valence-corrected chi connectivity index (χ4v) is 2.76. The first-order chi connectivity index (χ1) is 10.4. The molecule has 2 rings (SSSR count). The van der Waals surface area contributed by atoms with E-state index in [1.165, 1.54) is 13.8 Å². The molecule has 0 fully saturated rings. The van der Waals surface area contributed by atoms with Gasteiger partial charge in [-0.2, -0.15) is 0 Å². The highest BCUT2D eigenvalue weighted by Gasteiger charge is 2.09. The molecule has 0 heterocycles. The molecule has 0 aromatic heterocycles. The molecule has 0 aliphatic carbocycles. The summed E-state index contributed by atoms with van der Waals surface area (Å²) in [5, 5.41) is 0. The van der Waals surface area contributed by atoms with Crippen molar-refractivity contribution < 1.29 is 19.1 Å². The summed E-state index contributed by atoms with van der Waals surface area (Å²) in [5.74, 6) is 0.183. The van der Waals surface area contributed by atoms with Gasteiger partial charge in [-0.05, 0) is 67.3 Å². The summed E-state index contributed by atoms with van der Waals surface area (Å²) in [4.78, 5) is 22.0. The van der Waals surface area contributed by atoms with Crippen LogP contribution in [-0.2, 0) is 9.59 Å². The van der Waals surface area contributed by atoms with Gasteiger partial charge in [0.05, 0.1) is 8.95 Å². The van der Waals surface area contributed by atoms with Gasteiger partial charge >= 0.3 is 11.9 Å². The van der Waals surface area contributed by atoms with Crippen LogP contribution in [0.5, 0.6) is 11.5 Å². The summed E-state index contributed by atoms with van der Waals surface area (Å²) in [6, 6.07) is 10.8. The van der Waals surface area contributed by atoms with Gasteiger partial charge in [0.2, 0.25) is 0 Å². The van der Waals surface area contributed by atoms with Crippen molar-refractivity contribution in [3.05, 3.63) is 45.3 Å². The van der Waals surface area contributed by atoms with Crippen molar-refractivity contribution >= 4 is 43.8 Å². The molecule has 22 heavy (non-hydrogen) atoms. The summed E-state index contributed by atoms with van der Waals surface area (Å²) in [7, 11) is 0. The number of halogens is 2. The average Bonchev–Trinajstić information content (AvgIpc) is 2.42. The van der Waals surface area contributed by atoms with E-state index in [-0.39, 0.29) is 11.9 Å². The lowest BCUT2D eigenvalue weighted by Crippen LogP contribution is -2.02. The Labute approximate surface area is 144 Å². The van der Waals surface area contributed by atoms with Crippen LogP contribution in [0.25, 0.3) is 11.1 Å². The van der Waals surface area contributed by atoms with E-state index in [1.807, 2.05) is 24.3 Å². The number of carbonyl (C=O) groups is 2. The first kappa shape index (κ1) is 16.7. The molecular formula is C16H12Br2O4. The lowest BCUT2D eigenvalue weighted by atomic mass is 10.1. The number of esters is 2. The van der Waals surface area contributed by atoms with Gasteiger partial charge in [0.25, 0.3) is 0 Å². The predicted molar refractivity (Wildman–Crippen MR) is 89.9 cm³/mol. The molecule has 0 bridgehead atoms. The normalized spacial score (nSPS) is 10.2. The topological polar surface area (TPSA) is 52.6 Å². The van der Waals surface area contributed by atoms with Crippen molar-refractivity contribution in [1.29, 1.82) is 0 Å². The highest BCUT2D eigenvalue weighted by Crippen LogP contribution is 2.34. The summed E-state index contributed by atoms with van der Waals surface area (Å²) in [6.45, 7) is 2.70. The molecule has 0 aliphatic heterocycles. The van der Waals surface area contributed by atoms with Gasteiger partial charge < -0.3 is 9.47 Å². The zero-order chi connectivity index (χ0) is 16.3. The third-order valence-electron chi connectivity index (χ3n) is 2.70. The van der Waals surface area contributed by atoms with Gasteiger partial charge in [-0.3, -0.25) is 9.59 Å². The standard InChI is InChI=1S/C16H12Br2O4/c1-9(19)21-15-5-3-11(7-13(15)17)12-4-6-16(14(18)8-12)22-10(2)20/h3-8H,1-2H3. The molecule has 0 saturated heterocycles. The minimum atomic E-state index is -0.373. The number of benzene rings is 2. The van der Waals surface area contributed by atoms with Crippen LogP contribution in [0, 0.1) is 0 Å². The van der Waals surface area contributed by atoms with Crippen molar-refractivity contribution in [2.75, 3.05) is 0 Å². The Morgan fingerprint density at radius 3 is 1.41 bits per heavy atom. The molecule has 0 atom stereocenters. The SMILES string of the molecule is CC(=O)Oc1ccc(-c2ccc(OC(C)=O)c(Br)c2)cc1Br. The minimum Gasteiger partial charge on any atom is -0.426 e. The zero-order valence-electron chi connectivity index (χ0n) is 11.9. The monoisotopic (exact) mass is 426 g/mol. The van der Waals surface area contributed by atoms with E-state index in [4.69, 9.17) is 9.47 Å². The number of ether oxygens (including phenoxy) is 2. The van der Waals surface area contributed by atoms with E-state index in [9.17, 15) is 9.59 Å². The molecule has 114 valence electrons. The Hall–Kier alpha value is -1.66. The Balaban J connectivity index is 2.32. The van der Waals surface area contributed by atoms with E-state index in [1.54, 1.807) is 12.1 Å². The van der Waals surface area contributed by atoms with Crippen molar-refractivity contribution in [2.24, 2.45) is 0 Å². The fraction of sp³-hybridized carbons (Fsp3) is 0.125. The molecule has 0 spiro atoms. The highest BCUT2D eigenvalue weighted by molar-refractivity contribution is 9.11. The van der Waals surface area contributed by atoms with Crippen LogP contribution in [0.3, 0.4) is 0 Å². The van der Waals surface area contributed by atoms with Crippen molar-refractivity contribution in [2.45, 2.75) is 13.8 Å². The Morgan fingerprint density at radius 2 is 1.14 bits per heavy atom. The maximum Gasteiger partial charge on any atom is 0.308 e. The van der Waals surface area contributed by atoms with E-state index in [0.29, 0.717) is 20.4 Å². The number of hydrogen-bond donors (Lipinski definition) is 0. The van der Waals surface area contributed by atoms with E-state index < -0.39 is 0 Å². The second-order valence-electron chi connectivity index (χ2n) is 4.48. The van der Waals surface area contributed by atoms with Crippen LogP contribution in [0.4, 0.5) is 0 Å². The quantitative estimate of drug-likeness (QED) is 0.524. The van der Waals surface area contributed by atoms with Gasteiger partial charge in [-0.1, -0.05) is 12.1 Å². The Kier molecular flexibility index (Phi) is 5.37. The van der Waals surface area contributed by atoms with Gasteiger partial charge in [0.1, 0.15) is 11.5 Å². The maximum atomic E-state index is 11.0. The molecule has 0 radical (unpaired) electrons. The molecule has 0 N–H and O–H groups in total. The van der Waals surface area contributed by atoms with Crippen molar-refractivity contribution in [3.8, 4) is 22.6 Å². The average molecular weight is 428 g/mol. The molecule has 4 nitrogen and oxygen atoms in total. The van der Waals surface area contributed by atoms with Crippen LogP contribution in [-0.4, -0.2) is 11.9 Å². The molecule has 0 unspecified atom stereocenters. The summed E-state index contributed by atoms with van der Waals surface area (Å²) < 4.78 is 11.5. The third kappa shape index (κ3) is 4.18. The maximum absolute atomic E-state index is 11.0. The van der Waals surface area contributed by atoms with E-state index in [0.717, 1.165) is 11.1 Å². The van der Waals surface area contributed by atoms with Crippen LogP contribution < -0.4 is 9.47 Å². The molecule has 2 aromatic carbocycles. The Bertz CT molecular complexity index is 677. The van der Waals surface area contributed by atoms with E-state index in [2.05, 4.69) is 31.9 Å². The first-order valence-electron chi connectivity index (χ1n) is 6.33. The highest BCUT2D eigenvalue weighted by atomic mass is 79.9. The van der Waals surface area contributed by atoms with Crippen LogP contribution in [0.15, 0.2) is 45.3 Å². The second kappa shape index (κ2) is 7.07. The third-order valence-corrected chi connectivity index (χ3v) is 3.94. The first-order valence-corrected chi connectivity index (χ1v) is 7.91. The zero-order valence-corrected chi connectivity index (χ0v) is 15.0. The van der Waals surface area contributed by atoms with Crippen LogP contribution in [0.2, 0.25) is 0 Å². The molecule has 0 aliphatic rings. The predicted octanol–water partition coefficient (Wildman–Crippen LogP) is 4.73. The fourth-order valence-electron chi connectivity index (χ4n) is 1.84. The molecule has 6 heteroatoms. The summed E-state index contributed by atoms with van der Waals surface area (Å²) in [5.41, 5.74) is 1.86. The molecule has 0 saturated carbocycles. The second-order valence-corrected chi connectivity index (χ2v) is 6.19. The van der Waals surface area contributed by atoms with Gasteiger partial charge in [0, 0.05) is 13.8 Å².